The van der Waals surface area contributed by atoms with Gasteiger partial charge in [-0.25, -0.2) is 4.79 Å². The Morgan fingerprint density at radius 2 is 0.577 bits per heavy atom. The largest absolute Gasteiger partial charge is 0.481 e. The summed E-state index contributed by atoms with van der Waals surface area (Å²) in [5.41, 5.74) is 27.3. The highest BCUT2D eigenvalue weighted by atomic mass is 16.4. The van der Waals surface area contributed by atoms with Crippen molar-refractivity contribution in [3.63, 3.8) is 0 Å². The average Bonchev–Trinajstić information content (AvgIpc) is 3.30. The van der Waals surface area contributed by atoms with Gasteiger partial charge < -0.3 is 86.7 Å². The molecule has 0 saturated heterocycles. The molecule has 0 fully saturated rings. The first kappa shape index (κ1) is 70.0. The molecule has 0 aromatic rings. The average molecular weight is 1110 g/mol. The molecular formula is C47H80N14O17. The van der Waals surface area contributed by atoms with Crippen LogP contribution in [0.25, 0.3) is 0 Å². The van der Waals surface area contributed by atoms with Gasteiger partial charge in [0.25, 0.3) is 0 Å². The van der Waals surface area contributed by atoms with Crippen molar-refractivity contribution < 1.29 is 82.1 Å². The van der Waals surface area contributed by atoms with Crippen LogP contribution in [0, 0.1) is 29.6 Å². The Morgan fingerprint density at radius 1 is 0.321 bits per heavy atom. The van der Waals surface area contributed by atoms with Crippen LogP contribution in [0.5, 0.6) is 0 Å². The number of carbonyl (C=O) groups excluding carboxylic acids is 13. The fourth-order valence-electron chi connectivity index (χ4n) is 7.08. The molecule has 0 rings (SSSR count). The minimum Gasteiger partial charge on any atom is -0.481 e. The van der Waals surface area contributed by atoms with Gasteiger partial charge in [-0.1, -0.05) is 69.2 Å². The topological polar surface area (TPSA) is 535 Å². The first-order valence-electron chi connectivity index (χ1n) is 25.0. The number of primary amides is 4. The van der Waals surface area contributed by atoms with Crippen LogP contribution in [0.3, 0.4) is 0 Å². The third kappa shape index (κ3) is 25.2. The van der Waals surface area contributed by atoms with Crippen molar-refractivity contribution >= 4 is 88.7 Å². The highest BCUT2D eigenvalue weighted by Gasteiger charge is 2.38. The van der Waals surface area contributed by atoms with Gasteiger partial charge in [0.2, 0.25) is 76.8 Å². The minimum atomic E-state index is -1.88. The molecule has 31 nitrogen and oxygen atoms in total. The smallest absolute Gasteiger partial charge is 0.326 e. The van der Waals surface area contributed by atoms with Gasteiger partial charge >= 0.3 is 11.9 Å². The van der Waals surface area contributed by atoms with Gasteiger partial charge in [0.15, 0.2) is 0 Å². The lowest BCUT2D eigenvalue weighted by Gasteiger charge is -2.30. The van der Waals surface area contributed by atoms with E-state index in [4.69, 9.17) is 33.8 Å². The second-order valence-electron chi connectivity index (χ2n) is 20.3. The molecule has 0 radical (unpaired) electrons. The molecular weight excluding hydrogens is 1030 g/mol. The Kier molecular flexibility index (Phi) is 29.8. The van der Waals surface area contributed by atoms with Crippen molar-refractivity contribution in [3.8, 4) is 0 Å². The van der Waals surface area contributed by atoms with E-state index < -0.39 is 218 Å². The second-order valence-corrected chi connectivity index (χ2v) is 20.3. The molecule has 0 aliphatic heterocycles. The normalized spacial score (nSPS) is 15.1. The number of hydrogen-bond acceptors (Lipinski definition) is 16. The summed E-state index contributed by atoms with van der Waals surface area (Å²) in [7, 11) is 0. The van der Waals surface area contributed by atoms with E-state index in [1.807, 2.05) is 5.32 Å². The molecule has 0 saturated carbocycles. The van der Waals surface area contributed by atoms with E-state index in [0.717, 1.165) is 0 Å². The Bertz CT molecular complexity index is 2220. The van der Waals surface area contributed by atoms with Gasteiger partial charge in [-0.3, -0.25) is 67.1 Å². The Hall–Kier alpha value is -7.99. The summed E-state index contributed by atoms with van der Waals surface area (Å²) >= 11 is 0. The molecule has 0 heterocycles. The third-order valence-corrected chi connectivity index (χ3v) is 11.7. The zero-order valence-corrected chi connectivity index (χ0v) is 45.5. The number of aliphatic carboxylic acids is 2. The molecule has 0 spiro atoms. The molecule has 440 valence electrons. The summed E-state index contributed by atoms with van der Waals surface area (Å²) in [4.78, 5) is 193. The summed E-state index contributed by atoms with van der Waals surface area (Å²) in [6.07, 6.45) is -4.48. The van der Waals surface area contributed by atoms with E-state index in [1.54, 1.807) is 13.8 Å². The van der Waals surface area contributed by atoms with Crippen LogP contribution in [0.1, 0.15) is 114 Å². The van der Waals surface area contributed by atoms with E-state index in [2.05, 4.69) is 42.5 Å². The Morgan fingerprint density at radius 3 is 0.808 bits per heavy atom. The van der Waals surface area contributed by atoms with Crippen LogP contribution in [-0.2, 0) is 71.9 Å². The number of carboxylic acid groups (broad SMARTS) is 2. The monoisotopic (exact) mass is 1110 g/mol. The van der Waals surface area contributed by atoms with Gasteiger partial charge in [0.05, 0.1) is 25.3 Å². The van der Waals surface area contributed by atoms with Crippen molar-refractivity contribution in [2.75, 3.05) is 0 Å². The third-order valence-electron chi connectivity index (χ3n) is 11.7. The highest BCUT2D eigenvalue weighted by molar-refractivity contribution is 6.00. The highest BCUT2D eigenvalue weighted by Crippen LogP contribution is 2.13. The first-order valence-corrected chi connectivity index (χ1v) is 25.0. The lowest BCUT2D eigenvalue weighted by Crippen LogP contribution is -2.62. The summed E-state index contributed by atoms with van der Waals surface area (Å²) in [5, 5.41) is 39.6. The van der Waals surface area contributed by atoms with E-state index in [-0.39, 0.29) is 5.92 Å². The number of carbonyl (C=O) groups is 15. The second kappa shape index (κ2) is 33.2. The molecule has 31 heteroatoms. The van der Waals surface area contributed by atoms with Crippen LogP contribution >= 0.6 is 0 Å². The zero-order valence-electron chi connectivity index (χ0n) is 45.5. The minimum absolute atomic E-state index is 0.373. The lowest BCUT2D eigenvalue weighted by molar-refractivity contribution is -0.147. The SMILES string of the molecule is CC(C)[C@H](N)C(=O)N[C@@H](CC(N)=O)C(=O)N[C@H](C(=O)N[C@@H](CC(N)=O)C(=O)N[C@H](C(=O)N[C@@H](CCC(N)=O)C(=O)N[C@H](C(=O)N[C@@H](CCC(N)=O)C(=O)N[C@H](C(=O)N[C@@H](CC(=O)O)C(=O)O)C(C)C)C(C)C)C(C)C)C(C)C. The number of hydrogen-bond donors (Lipinski definition) is 16. The van der Waals surface area contributed by atoms with Gasteiger partial charge in [-0.2, -0.15) is 0 Å². The molecule has 0 aliphatic carbocycles. The lowest BCUT2D eigenvalue weighted by atomic mass is 9.99. The summed E-state index contributed by atoms with van der Waals surface area (Å²) in [5.74, 6) is -20.0. The number of amides is 13. The molecule has 0 aliphatic rings. The van der Waals surface area contributed by atoms with Crippen LogP contribution in [-0.4, -0.2) is 159 Å². The molecule has 0 aromatic carbocycles. The number of carboxylic acids is 2. The summed E-state index contributed by atoms with van der Waals surface area (Å²) < 4.78 is 0. The van der Waals surface area contributed by atoms with Crippen LogP contribution in [0.4, 0.5) is 0 Å². The number of nitrogens with one attached hydrogen (secondary N) is 9. The molecule has 13 amide bonds. The standard InChI is InChI=1S/C47H80N14O17/c1-18(2)33(52)42(72)55-25(15-30(50)64)40(70)61-36(21(7)8)45(75)56-26(16-31(51)65)41(71)60-35(20(5)6)44(74)54-23(11-13-28(48)62)38(68)58-34(19(3)4)43(73)53-24(12-14-29(49)63)39(69)59-37(22(9)10)46(76)57-27(47(77)78)17-32(66)67/h18-27,33-37H,11-17,52H2,1-10H3,(H2,48,62)(H2,49,63)(H2,50,64)(H2,51,65)(H,53,73)(H,54,74)(H,55,72)(H,56,75)(H,57,76)(H,58,68)(H,59,69)(H,60,71)(H,61,70)(H,66,67)(H,77,78)/t23-,24-,25-,26-,27-,33-,34-,35-,36-,37-/m0/s1. The molecule has 0 bridgehead atoms. The Labute approximate surface area is 450 Å². The number of rotatable bonds is 36. The van der Waals surface area contributed by atoms with Crippen molar-refractivity contribution in [2.45, 2.75) is 175 Å². The van der Waals surface area contributed by atoms with E-state index in [1.165, 1.54) is 55.4 Å². The van der Waals surface area contributed by atoms with Crippen molar-refractivity contribution in [2.24, 2.45) is 58.3 Å². The maximum atomic E-state index is 14.0. The van der Waals surface area contributed by atoms with E-state index in [0.29, 0.717) is 0 Å². The number of nitrogens with two attached hydrogens (primary N) is 5. The van der Waals surface area contributed by atoms with Gasteiger partial charge in [0.1, 0.15) is 54.4 Å². The van der Waals surface area contributed by atoms with Crippen molar-refractivity contribution in [1.29, 1.82) is 0 Å². The maximum absolute atomic E-state index is 14.0. The maximum Gasteiger partial charge on any atom is 0.326 e. The fourth-order valence-corrected chi connectivity index (χ4v) is 7.08. The van der Waals surface area contributed by atoms with Gasteiger partial charge in [-0.15, -0.1) is 0 Å². The van der Waals surface area contributed by atoms with E-state index >= 15 is 0 Å². The van der Waals surface area contributed by atoms with Crippen LogP contribution in [0.15, 0.2) is 0 Å². The zero-order chi connectivity index (χ0) is 60.6. The first-order chi connectivity index (χ1) is 35.9. The molecule has 10 atom stereocenters. The predicted molar refractivity (Wildman–Crippen MR) is 274 cm³/mol. The van der Waals surface area contributed by atoms with Gasteiger partial charge in [-0.05, 0) is 42.4 Å². The Balaban J connectivity index is 6.72. The molecule has 0 unspecified atom stereocenters. The van der Waals surface area contributed by atoms with Crippen LogP contribution < -0.4 is 76.5 Å². The summed E-state index contributed by atoms with van der Waals surface area (Å²) in [6, 6.07) is -15.8. The van der Waals surface area contributed by atoms with Crippen LogP contribution in [0.2, 0.25) is 0 Å². The quantitative estimate of drug-likeness (QED) is 0.0278. The summed E-state index contributed by atoms with van der Waals surface area (Å²) in [6.45, 7) is 15.1. The molecule has 0 aromatic heterocycles. The fraction of sp³-hybridized carbons (Fsp3) is 0.681. The predicted octanol–water partition coefficient (Wildman–Crippen LogP) is -6.20. The molecule has 21 N–H and O–H groups in total. The van der Waals surface area contributed by atoms with Crippen molar-refractivity contribution in [1.82, 2.24) is 47.9 Å². The van der Waals surface area contributed by atoms with Gasteiger partial charge in [0, 0.05) is 12.8 Å². The van der Waals surface area contributed by atoms with E-state index in [9.17, 15) is 77.0 Å². The molecule has 78 heavy (non-hydrogen) atoms. The van der Waals surface area contributed by atoms with Crippen molar-refractivity contribution in [3.05, 3.63) is 0 Å².